The highest BCUT2D eigenvalue weighted by Gasteiger charge is 2.31. The molecule has 2 aromatic rings. The standard InChI is InChI=1S/C22H29NO2/c1-4-22(5-2,16-15-21(24)25-6-3)19-13-9-7-11-17(19)18-12-8-10-14-20(18)23/h7-14H,4-6,15-16,23H2,1-3H3. The number of anilines is 1. The number of carbonyl (C=O) groups is 1. The normalized spacial score (nSPS) is 11.3. The molecule has 3 nitrogen and oxygen atoms in total. The predicted molar refractivity (Wildman–Crippen MR) is 104 cm³/mol. The maximum absolute atomic E-state index is 11.9. The van der Waals surface area contributed by atoms with Gasteiger partial charge in [0.05, 0.1) is 6.61 Å². The van der Waals surface area contributed by atoms with Gasteiger partial charge in [-0.15, -0.1) is 0 Å². The number of ether oxygens (including phenoxy) is 1. The van der Waals surface area contributed by atoms with Crippen molar-refractivity contribution < 1.29 is 9.53 Å². The summed E-state index contributed by atoms with van der Waals surface area (Å²) in [7, 11) is 0. The fraction of sp³-hybridized carbons (Fsp3) is 0.409. The number of hydrogen-bond donors (Lipinski definition) is 1. The average molecular weight is 339 g/mol. The second-order valence-electron chi connectivity index (χ2n) is 6.43. The van der Waals surface area contributed by atoms with Gasteiger partial charge in [-0.1, -0.05) is 56.3 Å². The number of rotatable bonds is 8. The summed E-state index contributed by atoms with van der Waals surface area (Å²) in [5.74, 6) is -0.120. The van der Waals surface area contributed by atoms with Crippen molar-refractivity contribution in [3.8, 4) is 11.1 Å². The van der Waals surface area contributed by atoms with Gasteiger partial charge in [0, 0.05) is 17.7 Å². The Kier molecular flexibility index (Phi) is 6.63. The van der Waals surface area contributed by atoms with Gasteiger partial charge < -0.3 is 10.5 Å². The lowest BCUT2D eigenvalue weighted by molar-refractivity contribution is -0.143. The van der Waals surface area contributed by atoms with E-state index in [-0.39, 0.29) is 11.4 Å². The third kappa shape index (κ3) is 4.22. The second kappa shape index (κ2) is 8.70. The topological polar surface area (TPSA) is 52.3 Å². The number of carbonyl (C=O) groups excluding carboxylic acids is 1. The van der Waals surface area contributed by atoms with Gasteiger partial charge in [-0.3, -0.25) is 4.79 Å². The summed E-state index contributed by atoms with van der Waals surface area (Å²) in [6.45, 7) is 6.67. The molecule has 25 heavy (non-hydrogen) atoms. The molecule has 0 saturated heterocycles. The van der Waals surface area contributed by atoms with E-state index in [4.69, 9.17) is 10.5 Å². The Hall–Kier alpha value is -2.29. The van der Waals surface area contributed by atoms with Crippen LogP contribution in [0.2, 0.25) is 0 Å². The molecule has 0 aliphatic rings. The van der Waals surface area contributed by atoms with E-state index in [9.17, 15) is 4.79 Å². The van der Waals surface area contributed by atoms with Crippen molar-refractivity contribution in [2.24, 2.45) is 0 Å². The van der Waals surface area contributed by atoms with Crippen LogP contribution in [0.25, 0.3) is 11.1 Å². The van der Waals surface area contributed by atoms with Crippen molar-refractivity contribution in [3.05, 3.63) is 54.1 Å². The van der Waals surface area contributed by atoms with Crippen LogP contribution in [0, 0.1) is 0 Å². The fourth-order valence-electron chi connectivity index (χ4n) is 3.62. The van der Waals surface area contributed by atoms with E-state index < -0.39 is 0 Å². The van der Waals surface area contributed by atoms with Crippen LogP contribution in [-0.4, -0.2) is 12.6 Å². The SMILES string of the molecule is CCOC(=O)CCC(CC)(CC)c1ccccc1-c1ccccc1N. The molecule has 0 aliphatic heterocycles. The lowest BCUT2D eigenvalue weighted by Crippen LogP contribution is -2.27. The number of nitrogens with two attached hydrogens (primary N) is 1. The van der Waals surface area contributed by atoms with Crippen LogP contribution >= 0.6 is 0 Å². The molecule has 134 valence electrons. The smallest absolute Gasteiger partial charge is 0.305 e. The van der Waals surface area contributed by atoms with Crippen LogP contribution in [0.3, 0.4) is 0 Å². The minimum atomic E-state index is -0.120. The van der Waals surface area contributed by atoms with Gasteiger partial charge in [0.25, 0.3) is 0 Å². The van der Waals surface area contributed by atoms with E-state index >= 15 is 0 Å². The Morgan fingerprint density at radius 2 is 1.56 bits per heavy atom. The largest absolute Gasteiger partial charge is 0.466 e. The lowest BCUT2D eigenvalue weighted by Gasteiger charge is -2.34. The maximum atomic E-state index is 11.9. The van der Waals surface area contributed by atoms with Crippen LogP contribution in [0.15, 0.2) is 48.5 Å². The Labute approximate surface area is 151 Å². The number of benzene rings is 2. The molecule has 2 N–H and O–H groups in total. The van der Waals surface area contributed by atoms with Gasteiger partial charge in [0.1, 0.15) is 0 Å². The van der Waals surface area contributed by atoms with E-state index in [1.807, 2.05) is 31.2 Å². The molecule has 0 bridgehead atoms. The van der Waals surface area contributed by atoms with Gasteiger partial charge >= 0.3 is 5.97 Å². The number of para-hydroxylation sites is 1. The van der Waals surface area contributed by atoms with Crippen molar-refractivity contribution in [2.75, 3.05) is 12.3 Å². The zero-order valence-electron chi connectivity index (χ0n) is 15.5. The second-order valence-corrected chi connectivity index (χ2v) is 6.43. The first-order chi connectivity index (χ1) is 12.1. The van der Waals surface area contributed by atoms with Gasteiger partial charge in [-0.05, 0) is 48.8 Å². The van der Waals surface area contributed by atoms with Crippen molar-refractivity contribution in [2.45, 2.75) is 51.9 Å². The zero-order chi connectivity index (χ0) is 18.3. The van der Waals surface area contributed by atoms with Crippen molar-refractivity contribution in [3.63, 3.8) is 0 Å². The first-order valence-corrected chi connectivity index (χ1v) is 9.18. The number of hydrogen-bond acceptors (Lipinski definition) is 3. The monoisotopic (exact) mass is 339 g/mol. The average Bonchev–Trinajstić information content (AvgIpc) is 2.64. The van der Waals surface area contributed by atoms with Gasteiger partial charge in [0.15, 0.2) is 0 Å². The summed E-state index contributed by atoms with van der Waals surface area (Å²) in [6, 6.07) is 16.4. The number of nitrogen functional groups attached to an aromatic ring is 1. The Bertz CT molecular complexity index is 705. The highest BCUT2D eigenvalue weighted by atomic mass is 16.5. The lowest BCUT2D eigenvalue weighted by atomic mass is 9.70. The summed E-state index contributed by atoms with van der Waals surface area (Å²) in [6.07, 6.45) is 3.15. The van der Waals surface area contributed by atoms with Crippen LogP contribution < -0.4 is 5.73 Å². The minimum Gasteiger partial charge on any atom is -0.466 e. The van der Waals surface area contributed by atoms with Crippen molar-refractivity contribution in [1.29, 1.82) is 0 Å². The Morgan fingerprint density at radius 3 is 2.16 bits per heavy atom. The molecule has 0 heterocycles. The molecule has 0 atom stereocenters. The predicted octanol–water partition coefficient (Wildman–Crippen LogP) is 5.34. The van der Waals surface area contributed by atoms with E-state index in [0.29, 0.717) is 13.0 Å². The van der Waals surface area contributed by atoms with Crippen LogP contribution in [-0.2, 0) is 14.9 Å². The summed E-state index contributed by atoms with van der Waals surface area (Å²) in [4.78, 5) is 11.9. The molecule has 0 amide bonds. The Balaban J connectivity index is 2.45. The minimum absolute atomic E-state index is 0.0639. The molecule has 0 saturated carbocycles. The molecular weight excluding hydrogens is 310 g/mol. The molecule has 0 aromatic heterocycles. The van der Waals surface area contributed by atoms with Gasteiger partial charge in [-0.25, -0.2) is 0 Å². The van der Waals surface area contributed by atoms with Crippen molar-refractivity contribution >= 4 is 11.7 Å². The molecule has 0 aliphatic carbocycles. The highest BCUT2D eigenvalue weighted by Crippen LogP contribution is 2.42. The van der Waals surface area contributed by atoms with E-state index in [0.717, 1.165) is 36.1 Å². The molecule has 2 rings (SSSR count). The summed E-state index contributed by atoms with van der Waals surface area (Å²) in [5, 5.41) is 0. The first-order valence-electron chi connectivity index (χ1n) is 9.18. The summed E-state index contributed by atoms with van der Waals surface area (Å²) >= 11 is 0. The molecule has 3 heteroatoms. The van der Waals surface area contributed by atoms with Crippen LogP contribution in [0.1, 0.15) is 52.0 Å². The van der Waals surface area contributed by atoms with Crippen LogP contribution in [0.5, 0.6) is 0 Å². The van der Waals surface area contributed by atoms with Gasteiger partial charge in [0.2, 0.25) is 0 Å². The zero-order valence-corrected chi connectivity index (χ0v) is 15.5. The highest BCUT2D eigenvalue weighted by molar-refractivity contribution is 5.79. The summed E-state index contributed by atoms with van der Waals surface area (Å²) in [5.41, 5.74) is 10.4. The quantitative estimate of drug-likeness (QED) is 0.522. The first kappa shape index (κ1) is 19.0. The van der Waals surface area contributed by atoms with Crippen LogP contribution in [0.4, 0.5) is 5.69 Å². The summed E-state index contributed by atoms with van der Waals surface area (Å²) < 4.78 is 5.14. The maximum Gasteiger partial charge on any atom is 0.305 e. The fourth-order valence-corrected chi connectivity index (χ4v) is 3.62. The number of esters is 1. The van der Waals surface area contributed by atoms with E-state index in [1.54, 1.807) is 0 Å². The van der Waals surface area contributed by atoms with E-state index in [2.05, 4.69) is 38.1 Å². The molecule has 2 aromatic carbocycles. The Morgan fingerprint density at radius 1 is 0.960 bits per heavy atom. The van der Waals surface area contributed by atoms with Gasteiger partial charge in [-0.2, -0.15) is 0 Å². The molecule has 0 radical (unpaired) electrons. The van der Waals surface area contributed by atoms with E-state index in [1.165, 1.54) is 5.56 Å². The van der Waals surface area contributed by atoms with Crippen molar-refractivity contribution in [1.82, 2.24) is 0 Å². The molecule has 0 spiro atoms. The molecular formula is C22H29NO2. The molecule has 0 fully saturated rings. The molecule has 0 unspecified atom stereocenters. The third-order valence-electron chi connectivity index (χ3n) is 5.22. The third-order valence-corrected chi connectivity index (χ3v) is 5.22.